The lowest BCUT2D eigenvalue weighted by Crippen LogP contribution is -2.72. The van der Waals surface area contributed by atoms with Crippen molar-refractivity contribution < 1.29 is 0 Å². The second kappa shape index (κ2) is 4.60. The zero-order valence-electron chi connectivity index (χ0n) is 19.5. The normalized spacial score (nSPS) is 70.1. The Balaban J connectivity index is 1.56. The van der Waals surface area contributed by atoms with Gasteiger partial charge in [-0.2, -0.15) is 0 Å². The minimum Gasteiger partial charge on any atom is -0.0617 e. The van der Waals surface area contributed by atoms with Gasteiger partial charge in [0, 0.05) is 0 Å². The average Bonchev–Trinajstić information content (AvgIpc) is 3.16. The molecule has 7 fully saturated rings. The second-order valence-corrected chi connectivity index (χ2v) is 14.5. The molecular formula is C28H44. The van der Waals surface area contributed by atoms with Crippen molar-refractivity contribution in [2.75, 3.05) is 0 Å². The molecule has 156 valence electrons. The van der Waals surface area contributed by atoms with Crippen molar-refractivity contribution in [2.24, 2.45) is 74.4 Å². The number of hydrogen-bond acceptors (Lipinski definition) is 0. The van der Waals surface area contributed by atoms with Gasteiger partial charge in [0.05, 0.1) is 0 Å². The lowest BCUT2D eigenvalue weighted by molar-refractivity contribution is -0.294. The summed E-state index contributed by atoms with van der Waals surface area (Å²) in [5.74, 6) is 8.34. The lowest BCUT2D eigenvalue weighted by atomic mass is 9.28. The van der Waals surface area contributed by atoms with Crippen LogP contribution in [0.5, 0.6) is 0 Å². The Kier molecular flexibility index (Phi) is 2.90. The molecule has 0 nitrogen and oxygen atoms in total. The Morgan fingerprint density at radius 1 is 0.714 bits per heavy atom. The molecule has 0 N–H and O–H groups in total. The summed E-state index contributed by atoms with van der Waals surface area (Å²) < 4.78 is 0. The van der Waals surface area contributed by atoms with Crippen molar-refractivity contribution in [3.8, 4) is 0 Å². The van der Waals surface area contributed by atoms with Gasteiger partial charge in [0.25, 0.3) is 0 Å². The van der Waals surface area contributed by atoms with E-state index in [-0.39, 0.29) is 0 Å². The summed E-state index contributed by atoms with van der Waals surface area (Å²) in [5.41, 5.74) is 3.33. The van der Waals surface area contributed by atoms with E-state index in [2.05, 4.69) is 41.5 Å². The van der Waals surface area contributed by atoms with E-state index < -0.39 is 0 Å². The zero-order chi connectivity index (χ0) is 19.5. The van der Waals surface area contributed by atoms with Crippen LogP contribution in [-0.4, -0.2) is 0 Å². The van der Waals surface area contributed by atoms with E-state index in [1.165, 1.54) is 12.8 Å². The van der Waals surface area contributed by atoms with Crippen molar-refractivity contribution in [3.63, 3.8) is 0 Å². The summed E-state index contributed by atoms with van der Waals surface area (Å²) >= 11 is 0. The minimum absolute atomic E-state index is 0.591. The number of rotatable bonds is 0. The van der Waals surface area contributed by atoms with E-state index in [1.54, 1.807) is 44.9 Å². The predicted molar refractivity (Wildman–Crippen MR) is 116 cm³/mol. The molecule has 0 radical (unpaired) electrons. The van der Waals surface area contributed by atoms with Crippen LogP contribution in [0.2, 0.25) is 0 Å². The minimum atomic E-state index is 0.591. The quantitative estimate of drug-likeness (QED) is 0.406. The van der Waals surface area contributed by atoms with E-state index >= 15 is 0 Å². The SMILES string of the molecule is CC1C(C)C23CC1(C)CC1CC4C2C25C(CCCCCC1C42C)C3CC5(C)C. The van der Waals surface area contributed by atoms with E-state index in [1.807, 2.05) is 0 Å². The van der Waals surface area contributed by atoms with Gasteiger partial charge in [-0.15, -0.1) is 0 Å². The highest BCUT2D eigenvalue weighted by Gasteiger charge is 2.93. The molecule has 0 aromatic rings. The van der Waals surface area contributed by atoms with E-state index in [0.29, 0.717) is 21.7 Å². The highest BCUT2D eigenvalue weighted by Crippen LogP contribution is 2.98. The van der Waals surface area contributed by atoms with E-state index in [4.69, 9.17) is 0 Å². The first-order chi connectivity index (χ1) is 13.2. The van der Waals surface area contributed by atoms with Gasteiger partial charge in [0.15, 0.2) is 0 Å². The van der Waals surface area contributed by atoms with Crippen molar-refractivity contribution in [1.82, 2.24) is 0 Å². The molecule has 6 bridgehead atoms. The Labute approximate surface area is 174 Å². The van der Waals surface area contributed by atoms with E-state index in [9.17, 15) is 0 Å². The van der Waals surface area contributed by atoms with Crippen LogP contribution in [0.4, 0.5) is 0 Å². The molecular weight excluding hydrogens is 336 g/mol. The molecule has 28 heavy (non-hydrogen) atoms. The highest BCUT2D eigenvalue weighted by atomic mass is 15.0. The van der Waals surface area contributed by atoms with Gasteiger partial charge in [-0.3, -0.25) is 0 Å². The molecule has 0 aromatic heterocycles. The smallest absolute Gasteiger partial charge is 0.0119 e. The van der Waals surface area contributed by atoms with Gasteiger partial charge < -0.3 is 0 Å². The Morgan fingerprint density at radius 3 is 2.18 bits per heavy atom. The summed E-state index contributed by atoms with van der Waals surface area (Å²) in [7, 11) is 0. The van der Waals surface area contributed by atoms with E-state index in [0.717, 1.165) is 52.8 Å². The third-order valence-corrected chi connectivity index (χ3v) is 14.3. The van der Waals surface area contributed by atoms with Gasteiger partial charge >= 0.3 is 0 Å². The highest BCUT2D eigenvalue weighted by molar-refractivity contribution is 5.40. The monoisotopic (exact) mass is 380 g/mol. The summed E-state index contributed by atoms with van der Waals surface area (Å²) in [6.07, 6.45) is 14.2. The maximum Gasteiger partial charge on any atom is -0.0119 e. The Hall–Kier alpha value is 0. The maximum absolute atomic E-state index is 2.88. The Morgan fingerprint density at radius 2 is 1.43 bits per heavy atom. The van der Waals surface area contributed by atoms with Crippen LogP contribution in [0.1, 0.15) is 99.3 Å². The average molecular weight is 381 g/mol. The molecule has 2 spiro atoms. The molecule has 0 heterocycles. The number of fused-ring (bicyclic) bond motifs is 3. The molecule has 7 rings (SSSR count). The number of hydrogen-bond donors (Lipinski definition) is 0. The third-order valence-electron chi connectivity index (χ3n) is 14.3. The lowest BCUT2D eigenvalue weighted by Gasteiger charge is -2.76. The van der Waals surface area contributed by atoms with Crippen LogP contribution in [0, 0.1) is 74.4 Å². The van der Waals surface area contributed by atoms with Gasteiger partial charge in [-0.25, -0.2) is 0 Å². The summed E-state index contributed by atoms with van der Waals surface area (Å²) in [6.45, 7) is 16.6. The van der Waals surface area contributed by atoms with Crippen LogP contribution in [-0.2, 0) is 0 Å². The maximum atomic E-state index is 2.88. The first-order valence-electron chi connectivity index (χ1n) is 13.2. The standard InChI is InChI=1S/C28H44/c1-16-17(2)27-15-25(16,5)13-18-12-21-23(27)28-20(22(27)14-24(28,3)4)11-9-7-8-10-19(18)26(21,28)6/h16-23H,7-15H2,1-6H3. The summed E-state index contributed by atoms with van der Waals surface area (Å²) in [4.78, 5) is 0. The molecule has 0 aliphatic heterocycles. The first kappa shape index (κ1) is 17.7. The summed E-state index contributed by atoms with van der Waals surface area (Å²) in [6, 6.07) is 0. The third kappa shape index (κ3) is 1.34. The molecule has 7 saturated carbocycles. The second-order valence-electron chi connectivity index (χ2n) is 14.5. The molecule has 7 aliphatic rings. The van der Waals surface area contributed by atoms with Crippen molar-refractivity contribution >= 4 is 0 Å². The largest absolute Gasteiger partial charge is 0.0617 e. The molecule has 0 heteroatoms. The van der Waals surface area contributed by atoms with Crippen LogP contribution in [0.25, 0.3) is 0 Å². The molecule has 7 aliphatic carbocycles. The van der Waals surface area contributed by atoms with Crippen molar-refractivity contribution in [1.29, 1.82) is 0 Å². The Bertz CT molecular complexity index is 749. The van der Waals surface area contributed by atoms with Gasteiger partial charge in [0.2, 0.25) is 0 Å². The van der Waals surface area contributed by atoms with Crippen LogP contribution < -0.4 is 0 Å². The fourth-order valence-corrected chi connectivity index (χ4v) is 14.1. The zero-order valence-corrected chi connectivity index (χ0v) is 19.5. The van der Waals surface area contributed by atoms with Crippen molar-refractivity contribution in [2.45, 2.75) is 99.3 Å². The summed E-state index contributed by atoms with van der Waals surface area (Å²) in [5, 5.41) is 0. The fourth-order valence-electron chi connectivity index (χ4n) is 14.1. The predicted octanol–water partition coefficient (Wildman–Crippen LogP) is 7.57. The van der Waals surface area contributed by atoms with Crippen LogP contribution in [0.3, 0.4) is 0 Å². The first-order valence-corrected chi connectivity index (χ1v) is 13.2. The van der Waals surface area contributed by atoms with Gasteiger partial charge in [0.1, 0.15) is 0 Å². The molecule has 12 unspecified atom stereocenters. The van der Waals surface area contributed by atoms with Crippen LogP contribution in [0.15, 0.2) is 0 Å². The van der Waals surface area contributed by atoms with Gasteiger partial charge in [-0.05, 0) is 113 Å². The molecule has 0 saturated heterocycles. The topological polar surface area (TPSA) is 0 Å². The van der Waals surface area contributed by atoms with Crippen molar-refractivity contribution in [3.05, 3.63) is 0 Å². The molecule has 0 amide bonds. The van der Waals surface area contributed by atoms with Gasteiger partial charge in [-0.1, -0.05) is 60.8 Å². The molecule has 12 atom stereocenters. The van der Waals surface area contributed by atoms with Crippen LogP contribution >= 0.6 is 0 Å². The fraction of sp³-hybridized carbons (Fsp3) is 1.00. The molecule has 0 aromatic carbocycles.